The van der Waals surface area contributed by atoms with Gasteiger partial charge >= 0.3 is 17.9 Å². The summed E-state index contributed by atoms with van der Waals surface area (Å²) in [6.07, 6.45) is 25.4. The molecule has 0 spiro atoms. The van der Waals surface area contributed by atoms with Crippen molar-refractivity contribution in [2.45, 2.75) is 257 Å². The number of aromatic nitrogens is 6. The lowest BCUT2D eigenvalue weighted by molar-refractivity contribution is -0.157. The van der Waals surface area contributed by atoms with Crippen LogP contribution in [0, 0.1) is 0 Å². The molecule has 0 saturated heterocycles. The van der Waals surface area contributed by atoms with E-state index in [1.54, 1.807) is 18.6 Å². The third-order valence-electron chi connectivity index (χ3n) is 22.7. The Kier molecular flexibility index (Phi) is 47.6. The van der Waals surface area contributed by atoms with E-state index in [0.29, 0.717) is 62.2 Å². The van der Waals surface area contributed by atoms with Gasteiger partial charge in [0.25, 0.3) is 0 Å². The molecule has 0 bridgehead atoms. The molecule has 3 aliphatic rings. The Hall–Kier alpha value is -9.63. The van der Waals surface area contributed by atoms with E-state index in [1.807, 2.05) is 193 Å². The van der Waals surface area contributed by atoms with Gasteiger partial charge in [-0.15, -0.1) is 0 Å². The predicted molar refractivity (Wildman–Crippen MR) is 522 cm³/mol. The lowest BCUT2D eigenvalue weighted by Gasteiger charge is -2.28. The number of hydrogen-bond donors (Lipinski definition) is 4. The van der Waals surface area contributed by atoms with Gasteiger partial charge in [0.2, 0.25) is 0 Å². The normalized spacial score (nSPS) is 14.3. The van der Waals surface area contributed by atoms with Crippen LogP contribution in [0.1, 0.15) is 203 Å². The number of carboxylic acid groups (broad SMARTS) is 1. The number of nitrogens with one attached hydrogen (secondary N) is 2. The highest BCUT2D eigenvalue weighted by atomic mass is 35.5. The molecular weight excluding hydrogens is 1680 g/mol. The Bertz CT molecular complexity index is 4770. The molecule has 6 aromatic heterocycles. The lowest BCUT2D eigenvalue weighted by atomic mass is 9.95. The van der Waals surface area contributed by atoms with Crippen molar-refractivity contribution >= 4 is 41.1 Å². The molecule has 21 nitrogen and oxygen atoms in total. The Morgan fingerprint density at radius 2 is 0.748 bits per heavy atom. The highest BCUT2D eigenvalue weighted by Gasteiger charge is 2.29. The minimum absolute atomic E-state index is 0.0202. The highest BCUT2D eigenvalue weighted by molar-refractivity contribution is 6.29. The number of aryl methyl sites for hydroxylation is 9. The number of nitrogens with zero attached hydrogens (tertiary/aromatic N) is 9. The third-order valence-corrected chi connectivity index (χ3v) is 22.9. The van der Waals surface area contributed by atoms with Crippen molar-refractivity contribution in [3.05, 3.63) is 238 Å². The van der Waals surface area contributed by atoms with Gasteiger partial charge in [0.05, 0.1) is 19.8 Å². The molecule has 6 heterocycles. The number of carbonyl (C=O) groups is 3. The molecule has 3 aromatic carbocycles. The third kappa shape index (κ3) is 40.8. The molecule has 712 valence electrons. The first kappa shape index (κ1) is 107. The molecule has 12 rings (SSSR count). The SMILES string of the molecule is CC.COC[C@@H](F)CN(CCCCc1ccc2c(n1)CCCC2)CC[C@H](N)C(=O)OC(C)(C)C.COC[C@@H](F)CN(CCCCc1ccc2c(n1)CCCC2)CC[C@H](Nc1cc(-c2ccccc2)ccn1)C(=O)O.COC[C@@H](F)CN(CCCCc1ccc2c(n1)CCCC2)CC[C@H](Nc1cc(-c2ccccc2)ccn1)C(=O)OC(C)(C)C.Clc1cc(-c2ccccc2)ccn1. The van der Waals surface area contributed by atoms with E-state index in [1.165, 1.54) is 93.6 Å². The smallest absolute Gasteiger partial charge is 0.329 e. The van der Waals surface area contributed by atoms with Crippen molar-refractivity contribution < 1.29 is 56.3 Å². The summed E-state index contributed by atoms with van der Waals surface area (Å²) in [4.78, 5) is 71.1. The van der Waals surface area contributed by atoms with E-state index >= 15 is 0 Å². The summed E-state index contributed by atoms with van der Waals surface area (Å²) in [5, 5.41) is 16.8. The number of rotatable bonds is 46. The van der Waals surface area contributed by atoms with Crippen LogP contribution in [0.3, 0.4) is 0 Å². The number of halogens is 4. The Balaban J connectivity index is 0.000000226. The van der Waals surface area contributed by atoms with Crippen LogP contribution in [-0.4, -0.2) is 216 Å². The number of ether oxygens (including phenoxy) is 5. The molecule has 131 heavy (non-hydrogen) atoms. The van der Waals surface area contributed by atoms with Crippen LogP contribution in [0.2, 0.25) is 5.15 Å². The number of fused-ring (bicyclic) bond motifs is 3. The predicted octanol–water partition coefficient (Wildman–Crippen LogP) is 20.5. The van der Waals surface area contributed by atoms with Gasteiger partial charge in [-0.25, -0.2) is 37.7 Å². The van der Waals surface area contributed by atoms with E-state index in [2.05, 4.69) is 66.9 Å². The Morgan fingerprint density at radius 3 is 1.10 bits per heavy atom. The molecule has 6 atom stereocenters. The van der Waals surface area contributed by atoms with Gasteiger partial charge in [0.15, 0.2) is 0 Å². The van der Waals surface area contributed by atoms with Gasteiger partial charge in [-0.1, -0.05) is 135 Å². The van der Waals surface area contributed by atoms with Crippen molar-refractivity contribution in [3.8, 4) is 33.4 Å². The summed E-state index contributed by atoms with van der Waals surface area (Å²) in [7, 11) is 4.51. The number of pyridine rings is 6. The molecule has 0 aliphatic heterocycles. The van der Waals surface area contributed by atoms with Crippen LogP contribution in [-0.2, 0) is 95.9 Å². The van der Waals surface area contributed by atoms with Crippen LogP contribution >= 0.6 is 11.6 Å². The lowest BCUT2D eigenvalue weighted by Crippen LogP contribution is -2.41. The van der Waals surface area contributed by atoms with Gasteiger partial charge in [-0.3, -0.25) is 19.7 Å². The van der Waals surface area contributed by atoms with Gasteiger partial charge in [0, 0.05) is 113 Å². The number of methoxy groups -OCH3 is 3. The van der Waals surface area contributed by atoms with Crippen molar-refractivity contribution in [3.63, 3.8) is 0 Å². The second kappa shape index (κ2) is 58.4. The van der Waals surface area contributed by atoms with Crippen molar-refractivity contribution in [2.24, 2.45) is 5.73 Å². The second-order valence-electron chi connectivity index (χ2n) is 35.9. The summed E-state index contributed by atoms with van der Waals surface area (Å²) >= 11 is 5.78. The van der Waals surface area contributed by atoms with Crippen LogP contribution in [0.15, 0.2) is 182 Å². The maximum absolute atomic E-state index is 14.8. The average Bonchev–Trinajstić information content (AvgIpc) is 0.851. The summed E-state index contributed by atoms with van der Waals surface area (Å²) < 4.78 is 69.6. The minimum atomic E-state index is -1.13. The first-order valence-corrected chi connectivity index (χ1v) is 47.8. The first-order valence-electron chi connectivity index (χ1n) is 47.4. The zero-order valence-corrected chi connectivity index (χ0v) is 80.3. The summed E-state index contributed by atoms with van der Waals surface area (Å²) in [6.45, 7) is 19.5. The number of unbranched alkanes of at least 4 members (excludes halogenated alkanes) is 3. The van der Waals surface area contributed by atoms with E-state index in [0.717, 1.165) is 160 Å². The van der Waals surface area contributed by atoms with Crippen LogP contribution in [0.4, 0.5) is 24.8 Å². The number of alkyl halides is 3. The molecule has 0 radical (unpaired) electrons. The highest BCUT2D eigenvalue weighted by Crippen LogP contribution is 2.29. The summed E-state index contributed by atoms with van der Waals surface area (Å²) in [5.74, 6) is -0.630. The molecular formula is C106H146ClF3N12O9. The standard InChI is InChI=1S/C36H49FN4O3.C32H41FN4O3.C25H42FN3O3.C11H8ClN.C2H6/c1-36(2,3)44-35(42)33(40-34-24-29(19-21-38-34)27-12-6-5-7-13-27)20-23-41(25-30(37)26-43-4)22-11-10-15-31-18-17-28-14-8-9-16-32(28)39-31;1-40-23-27(33)22-37(19-8-7-12-28-15-14-25-11-5-6-13-29(25)35-28)20-17-30(32(38)39)36-31-21-26(16-18-34-31)24-9-3-2-4-10-24;1-25(2,3)32-24(30)22(27)14-16-29(17-20(26)18-31-4)15-8-7-10-21-13-12-19-9-5-6-11-23(19)28-21;12-11-8-10(6-7-13-11)9-4-2-1-3-5-9;1-2/h5-7,12-13,17-19,21,24,30,33H,8-11,14-16,20,22-23,25-26H2,1-4H3,(H,38,40);2-4,9-10,14-16,18,21,27,30H,5-8,11-13,17,19-20,22-23H2,1H3,(H,34,36)(H,38,39);12-13,20,22H,5-11,14-18,27H2,1-4H3;1-8H;1-2H3/t30-,33-;27-,30-;20-,22-;;/m000../s1. The number of esters is 2. The molecule has 5 N–H and O–H groups in total. The fraction of sp³-hybridized carbons (Fsp3) is 0.519. The number of hydrogen-bond acceptors (Lipinski definition) is 20. The molecule has 0 fully saturated rings. The number of carboxylic acids is 1. The number of aliphatic carboxylic acids is 1. The number of benzene rings is 3. The fourth-order valence-corrected chi connectivity index (χ4v) is 16.4. The maximum Gasteiger partial charge on any atom is 0.329 e. The number of carbonyl (C=O) groups excluding carboxylic acids is 2. The van der Waals surface area contributed by atoms with Crippen molar-refractivity contribution in [2.75, 3.05) is 111 Å². The van der Waals surface area contributed by atoms with E-state index < -0.39 is 59.8 Å². The molecule has 9 aromatic rings. The van der Waals surface area contributed by atoms with Crippen LogP contribution < -0.4 is 16.4 Å². The fourth-order valence-electron chi connectivity index (χ4n) is 16.2. The molecule has 25 heteroatoms. The maximum atomic E-state index is 14.8. The molecule has 0 unspecified atom stereocenters. The topological polar surface area (TPSA) is 255 Å². The first-order chi connectivity index (χ1) is 63.2. The molecule has 3 aliphatic carbocycles. The average molecular weight is 1820 g/mol. The number of nitrogens with two attached hydrogens (primary N) is 1. The van der Waals surface area contributed by atoms with Gasteiger partial charge in [0.1, 0.15) is 64.6 Å². The van der Waals surface area contributed by atoms with Crippen LogP contribution in [0.5, 0.6) is 0 Å². The quantitative estimate of drug-likeness (QED) is 0.0157. The Labute approximate surface area is 783 Å². The Morgan fingerprint density at radius 1 is 0.420 bits per heavy atom. The summed E-state index contributed by atoms with van der Waals surface area (Å²) in [5.41, 5.74) is 22.5. The second-order valence-corrected chi connectivity index (χ2v) is 36.3. The van der Waals surface area contributed by atoms with Gasteiger partial charge in [-0.05, 0) is 320 Å². The van der Waals surface area contributed by atoms with E-state index in [9.17, 15) is 32.7 Å². The largest absolute Gasteiger partial charge is 0.480 e. The monoisotopic (exact) mass is 1820 g/mol. The molecule has 0 saturated carbocycles. The summed E-state index contributed by atoms with van der Waals surface area (Å²) in [6, 6.07) is 52.4. The zero-order chi connectivity index (χ0) is 94.2. The van der Waals surface area contributed by atoms with E-state index in [-0.39, 0.29) is 45.4 Å². The zero-order valence-electron chi connectivity index (χ0n) is 79.6. The van der Waals surface area contributed by atoms with Crippen molar-refractivity contribution in [1.29, 1.82) is 0 Å². The van der Waals surface area contributed by atoms with E-state index in [4.69, 9.17) is 56.0 Å². The molecule has 0 amide bonds. The number of anilines is 2. The van der Waals surface area contributed by atoms with Crippen molar-refractivity contribution in [1.82, 2.24) is 44.6 Å². The van der Waals surface area contributed by atoms with Gasteiger partial charge in [-0.2, -0.15) is 0 Å². The van der Waals surface area contributed by atoms with Crippen LogP contribution in [0.25, 0.3) is 33.4 Å². The minimum Gasteiger partial charge on any atom is -0.480 e. The van der Waals surface area contributed by atoms with Gasteiger partial charge < -0.3 is 59.9 Å².